The average molecular weight is 399 g/mol. The third-order valence-electron chi connectivity index (χ3n) is 4.70. The lowest BCUT2D eigenvalue weighted by atomic mass is 10.3. The number of aryl methyl sites for hydroxylation is 2. The van der Waals surface area contributed by atoms with Gasteiger partial charge in [-0.3, -0.25) is 23.1 Å². The molecule has 150 valence electrons. The molecule has 0 saturated carbocycles. The van der Waals surface area contributed by atoms with Gasteiger partial charge in [0, 0.05) is 24.6 Å². The largest absolute Gasteiger partial charge is 0.465 e. The third-order valence-corrected chi connectivity index (χ3v) is 4.70. The maximum atomic E-state index is 13.3. The van der Waals surface area contributed by atoms with Crippen molar-refractivity contribution >= 4 is 22.9 Å². The van der Waals surface area contributed by atoms with Gasteiger partial charge in [-0.15, -0.1) is 0 Å². The predicted octanol–water partition coefficient (Wildman–Crippen LogP) is 1.15. The van der Waals surface area contributed by atoms with Crippen molar-refractivity contribution < 1.29 is 13.9 Å². The summed E-state index contributed by atoms with van der Waals surface area (Å²) >= 11 is 0. The maximum absolute atomic E-state index is 13.3. The molecule has 0 aliphatic rings. The van der Waals surface area contributed by atoms with Gasteiger partial charge in [0.15, 0.2) is 11.2 Å². The molecule has 29 heavy (non-hydrogen) atoms. The van der Waals surface area contributed by atoms with Crippen LogP contribution in [0.4, 0.5) is 4.39 Å². The number of carbonyl (C=O) groups excluding carboxylic acids is 1. The first-order chi connectivity index (χ1) is 13.8. The third kappa shape index (κ3) is 2.84. The Morgan fingerprint density at radius 2 is 1.90 bits per heavy atom. The molecule has 0 unspecified atom stereocenters. The number of halogens is 1. The molecule has 1 aromatic carbocycles. The highest BCUT2D eigenvalue weighted by Gasteiger charge is 2.22. The average Bonchev–Trinajstić information content (AvgIpc) is 3.19. The van der Waals surface area contributed by atoms with Crippen LogP contribution in [0.25, 0.3) is 22.6 Å². The van der Waals surface area contributed by atoms with Gasteiger partial charge in [-0.2, -0.15) is 4.98 Å². The van der Waals surface area contributed by atoms with Crippen molar-refractivity contribution in [1.82, 2.24) is 23.1 Å². The van der Waals surface area contributed by atoms with Crippen molar-refractivity contribution in [3.63, 3.8) is 0 Å². The molecule has 10 heteroatoms. The molecular formula is C19H18FN5O4. The molecule has 0 bridgehead atoms. The second-order valence-electron chi connectivity index (χ2n) is 6.57. The molecule has 0 saturated heterocycles. The van der Waals surface area contributed by atoms with E-state index in [0.29, 0.717) is 11.5 Å². The van der Waals surface area contributed by atoms with Crippen LogP contribution in [0.15, 0.2) is 40.1 Å². The first-order valence-electron chi connectivity index (χ1n) is 8.95. The topological polar surface area (TPSA) is 92.5 Å². The first-order valence-corrected chi connectivity index (χ1v) is 8.95. The van der Waals surface area contributed by atoms with Gasteiger partial charge in [-0.25, -0.2) is 13.8 Å². The Bertz CT molecular complexity index is 1370. The highest BCUT2D eigenvalue weighted by Crippen LogP contribution is 2.21. The van der Waals surface area contributed by atoms with Crippen LogP contribution >= 0.6 is 0 Å². The van der Waals surface area contributed by atoms with Crippen LogP contribution in [0.5, 0.6) is 0 Å². The van der Waals surface area contributed by atoms with E-state index >= 15 is 0 Å². The van der Waals surface area contributed by atoms with E-state index in [1.54, 1.807) is 34.2 Å². The van der Waals surface area contributed by atoms with Crippen LogP contribution < -0.4 is 11.2 Å². The lowest BCUT2D eigenvalue weighted by Crippen LogP contribution is -2.41. The highest BCUT2D eigenvalue weighted by molar-refractivity contribution is 5.77. The minimum Gasteiger partial charge on any atom is -0.465 e. The Morgan fingerprint density at radius 1 is 1.21 bits per heavy atom. The summed E-state index contributed by atoms with van der Waals surface area (Å²) in [6, 6.07) is 5.85. The molecule has 0 N–H and O–H groups in total. The first kappa shape index (κ1) is 18.7. The minimum absolute atomic E-state index is 0.146. The van der Waals surface area contributed by atoms with Gasteiger partial charge in [0.1, 0.15) is 12.4 Å². The van der Waals surface area contributed by atoms with E-state index < -0.39 is 23.8 Å². The van der Waals surface area contributed by atoms with Gasteiger partial charge >= 0.3 is 11.7 Å². The Kier molecular flexibility index (Phi) is 4.33. The number of carbonyl (C=O) groups is 1. The molecule has 3 heterocycles. The quantitative estimate of drug-likeness (QED) is 0.480. The van der Waals surface area contributed by atoms with Gasteiger partial charge in [0.25, 0.3) is 5.56 Å². The maximum Gasteiger partial charge on any atom is 0.333 e. The zero-order valence-corrected chi connectivity index (χ0v) is 16.0. The zero-order chi connectivity index (χ0) is 20.9. The molecule has 0 fully saturated rings. The molecule has 0 spiro atoms. The van der Waals surface area contributed by atoms with Crippen LogP contribution in [0.3, 0.4) is 0 Å². The van der Waals surface area contributed by atoms with Crippen LogP contribution in [0.2, 0.25) is 0 Å². The fourth-order valence-electron chi connectivity index (χ4n) is 3.39. The van der Waals surface area contributed by atoms with Gasteiger partial charge in [0.05, 0.1) is 6.61 Å². The molecule has 4 rings (SSSR count). The number of nitrogens with zero attached hydrogens (tertiary/aromatic N) is 5. The molecular weight excluding hydrogens is 381 g/mol. The molecule has 3 aromatic heterocycles. The number of ether oxygens (including phenoxy) is 1. The summed E-state index contributed by atoms with van der Waals surface area (Å²) in [5.74, 6) is -0.649. The zero-order valence-electron chi connectivity index (χ0n) is 16.0. The molecule has 4 aromatic rings. The van der Waals surface area contributed by atoms with Crippen molar-refractivity contribution in [2.45, 2.75) is 20.4 Å². The predicted molar refractivity (Wildman–Crippen MR) is 103 cm³/mol. The summed E-state index contributed by atoms with van der Waals surface area (Å²) in [7, 11) is 1.48. The van der Waals surface area contributed by atoms with Gasteiger partial charge in [0.2, 0.25) is 5.78 Å². The molecule has 0 atom stereocenters. The van der Waals surface area contributed by atoms with Gasteiger partial charge < -0.3 is 4.74 Å². The SMILES string of the molecule is CCOC(=O)Cn1c(=O)c2c(nc3n(-c4ccc(F)cc4)c(C)cn23)n(C)c1=O. The number of hydrogen-bond acceptors (Lipinski definition) is 5. The molecule has 0 amide bonds. The van der Waals surface area contributed by atoms with Crippen molar-refractivity contribution in [1.29, 1.82) is 0 Å². The Morgan fingerprint density at radius 3 is 2.55 bits per heavy atom. The number of imidazole rings is 2. The number of hydrogen-bond donors (Lipinski definition) is 0. The Labute approximate surface area is 163 Å². The summed E-state index contributed by atoms with van der Waals surface area (Å²) < 4.78 is 23.5. The second kappa shape index (κ2) is 6.73. The summed E-state index contributed by atoms with van der Waals surface area (Å²) in [5.41, 5.74) is 0.458. The molecule has 0 aliphatic heterocycles. The highest BCUT2D eigenvalue weighted by atomic mass is 19.1. The van der Waals surface area contributed by atoms with Crippen molar-refractivity contribution in [2.24, 2.45) is 7.05 Å². The number of benzene rings is 1. The van der Waals surface area contributed by atoms with Crippen LogP contribution in [-0.2, 0) is 23.1 Å². The number of rotatable bonds is 4. The number of aromatic nitrogens is 5. The smallest absolute Gasteiger partial charge is 0.333 e. The lowest BCUT2D eigenvalue weighted by Gasteiger charge is -2.07. The fraction of sp³-hybridized carbons (Fsp3) is 0.263. The fourth-order valence-corrected chi connectivity index (χ4v) is 3.39. The summed E-state index contributed by atoms with van der Waals surface area (Å²) in [5, 5.41) is 0. The second-order valence-corrected chi connectivity index (χ2v) is 6.57. The van der Waals surface area contributed by atoms with E-state index in [-0.39, 0.29) is 23.6 Å². The summed E-state index contributed by atoms with van der Waals surface area (Å²) in [6.45, 7) is 3.12. The Balaban J connectivity index is 2.02. The van der Waals surface area contributed by atoms with E-state index in [1.807, 2.05) is 6.92 Å². The van der Waals surface area contributed by atoms with Crippen molar-refractivity contribution in [2.75, 3.05) is 6.61 Å². The monoisotopic (exact) mass is 399 g/mol. The van der Waals surface area contributed by atoms with E-state index in [2.05, 4.69) is 4.98 Å². The number of fused-ring (bicyclic) bond motifs is 3. The molecule has 9 nitrogen and oxygen atoms in total. The van der Waals surface area contributed by atoms with Crippen LogP contribution in [0, 0.1) is 12.7 Å². The van der Waals surface area contributed by atoms with Gasteiger partial charge in [-0.05, 0) is 38.1 Å². The van der Waals surface area contributed by atoms with Crippen LogP contribution in [-0.4, -0.2) is 35.7 Å². The lowest BCUT2D eigenvalue weighted by molar-refractivity contribution is -0.143. The summed E-state index contributed by atoms with van der Waals surface area (Å²) in [4.78, 5) is 42.0. The van der Waals surface area contributed by atoms with Crippen molar-refractivity contribution in [3.05, 3.63) is 62.8 Å². The van der Waals surface area contributed by atoms with E-state index in [0.717, 1.165) is 10.3 Å². The van der Waals surface area contributed by atoms with Crippen molar-refractivity contribution in [3.8, 4) is 5.69 Å². The van der Waals surface area contributed by atoms with E-state index in [1.165, 1.54) is 23.7 Å². The minimum atomic E-state index is -0.674. The van der Waals surface area contributed by atoms with E-state index in [9.17, 15) is 18.8 Å². The standard InChI is InChI=1S/C19H18FN5O4/c1-4-29-14(26)10-24-17(27)15-16(22(3)19(24)28)21-18-23(15)9-11(2)25(18)13-7-5-12(20)6-8-13/h5-9H,4,10H2,1-3H3. The van der Waals surface area contributed by atoms with E-state index in [4.69, 9.17) is 4.74 Å². The summed E-state index contributed by atoms with van der Waals surface area (Å²) in [6.07, 6.45) is 1.70. The van der Waals surface area contributed by atoms with Crippen LogP contribution in [0.1, 0.15) is 12.6 Å². The molecule has 0 radical (unpaired) electrons. The normalized spacial score (nSPS) is 11.4. The molecule has 0 aliphatic carbocycles. The van der Waals surface area contributed by atoms with Gasteiger partial charge in [-0.1, -0.05) is 0 Å². The Hall–Kier alpha value is -3.69. The number of esters is 1.